The van der Waals surface area contributed by atoms with Gasteiger partial charge in [-0.3, -0.25) is 4.79 Å². The van der Waals surface area contributed by atoms with Gasteiger partial charge in [-0.05, 0) is 105 Å². The number of methoxy groups -OCH3 is 1. The predicted octanol–water partition coefficient (Wildman–Crippen LogP) is 6.57. The molecule has 0 unspecified atom stereocenters. The van der Waals surface area contributed by atoms with Gasteiger partial charge in [-0.2, -0.15) is 0 Å². The largest absolute Gasteiger partial charge is 0.490 e. The second kappa shape index (κ2) is 13.0. The molecule has 3 aliphatic carbocycles. The van der Waals surface area contributed by atoms with Crippen LogP contribution in [0.3, 0.4) is 0 Å². The van der Waals surface area contributed by atoms with Crippen LogP contribution in [-0.4, -0.2) is 53.3 Å². The van der Waals surface area contributed by atoms with E-state index in [-0.39, 0.29) is 35.0 Å². The normalized spacial score (nSPS) is 32.6. The van der Waals surface area contributed by atoms with Crippen LogP contribution in [0.25, 0.3) is 0 Å². The smallest absolute Gasteiger partial charge is 0.264 e. The molecule has 254 valence electrons. The fourth-order valence-corrected chi connectivity index (χ4v) is 9.58. The number of aryl methyl sites for hydroxylation is 1. The Balaban J connectivity index is 1.35. The number of hydrogen-bond donors (Lipinski definition) is 1. The number of nitrogens with one attached hydrogen (secondary N) is 1. The molecule has 10 heteroatoms. The van der Waals surface area contributed by atoms with Crippen LogP contribution in [0, 0.1) is 23.7 Å². The maximum absolute atomic E-state index is 14.1. The van der Waals surface area contributed by atoms with Crippen molar-refractivity contribution in [3.8, 4) is 5.75 Å². The first-order valence-electron chi connectivity index (χ1n) is 17.3. The molecular weight excluding hydrogens is 636 g/mol. The van der Waals surface area contributed by atoms with Crippen molar-refractivity contribution in [2.45, 2.75) is 94.3 Å². The number of rotatable bonds is 4. The van der Waals surface area contributed by atoms with Crippen LogP contribution >= 0.6 is 11.6 Å². The Kier molecular flexibility index (Phi) is 9.13. The van der Waals surface area contributed by atoms with Crippen LogP contribution < -0.4 is 14.4 Å². The Hall–Kier alpha value is -2.59. The predicted molar refractivity (Wildman–Crippen MR) is 182 cm³/mol. The van der Waals surface area contributed by atoms with E-state index in [4.69, 9.17) is 25.8 Å². The molecule has 1 spiro atoms. The zero-order chi connectivity index (χ0) is 32.9. The molecule has 47 heavy (non-hydrogen) atoms. The number of amides is 1. The Labute approximate surface area is 284 Å². The number of ether oxygens (including phenoxy) is 3. The molecule has 8 nitrogen and oxygen atoms in total. The third-order valence-electron chi connectivity index (χ3n) is 11.5. The van der Waals surface area contributed by atoms with E-state index < -0.39 is 21.8 Å². The third kappa shape index (κ3) is 6.57. The van der Waals surface area contributed by atoms with Crippen molar-refractivity contribution in [3.05, 3.63) is 64.2 Å². The zero-order valence-electron chi connectivity index (χ0n) is 27.7. The summed E-state index contributed by atoms with van der Waals surface area (Å²) in [6.07, 6.45) is 12.0. The highest BCUT2D eigenvalue weighted by atomic mass is 35.5. The molecule has 2 heterocycles. The summed E-state index contributed by atoms with van der Waals surface area (Å²) < 4.78 is 49.5. The number of carbonyl (C=O) groups excluding carboxylic acids is 1. The maximum Gasteiger partial charge on any atom is 0.264 e. The van der Waals surface area contributed by atoms with E-state index in [0.29, 0.717) is 42.7 Å². The molecule has 2 fully saturated rings. The summed E-state index contributed by atoms with van der Waals surface area (Å²) in [5.74, 6) is 0.297. The first kappa shape index (κ1) is 32.9. The zero-order valence-corrected chi connectivity index (χ0v) is 29.2. The van der Waals surface area contributed by atoms with E-state index in [0.717, 1.165) is 62.2 Å². The molecule has 0 saturated heterocycles. The maximum atomic E-state index is 14.1. The van der Waals surface area contributed by atoms with Gasteiger partial charge in [0.15, 0.2) is 0 Å². The molecular formula is C37H47ClN2O6S. The molecule has 7 rings (SSSR count). The number of allylic oxidation sites excluding steroid dienone is 1. The SMILES string of the molecule is CO[C@H]1/C=C/C[C@H](C)[C@@H](C)C(=O)NS(=O)(=O)c2cc3c(cc2COC2CC2)OC[C@]2(CCCc4cc(Cl)ccc42)CN3C[C@@H]2CC[C@H]21. The van der Waals surface area contributed by atoms with Gasteiger partial charge in [-0.15, -0.1) is 0 Å². The first-order chi connectivity index (χ1) is 22.6. The lowest BCUT2D eigenvalue weighted by molar-refractivity contribution is -0.124. The van der Waals surface area contributed by atoms with Gasteiger partial charge in [0.2, 0.25) is 5.91 Å². The molecule has 0 aromatic heterocycles. The summed E-state index contributed by atoms with van der Waals surface area (Å²) in [4.78, 5) is 15.9. The standard InChI is InChI=1S/C37H47ClN2O6S/c1-23-6-4-8-33(44-3)30-13-9-26(30)19-40-21-37(15-5-7-25-16-28(38)10-14-31(25)37)22-46-34-17-27(20-45-29-11-12-29)35(18-32(34)40)47(42,43)39-36(41)24(23)2/h4,8,10,14,16-18,23-24,26,29-30,33H,5-7,9,11-13,15,19-22H2,1-3H3,(H,39,41)/b8-4+/t23-,24+,26-,30+,33-,37-/m0/s1. The topological polar surface area (TPSA) is 94.2 Å². The van der Waals surface area contributed by atoms with E-state index in [1.165, 1.54) is 11.1 Å². The molecule has 1 amide bonds. The second-order valence-corrected chi connectivity index (χ2v) is 16.7. The Morgan fingerprint density at radius 1 is 1.13 bits per heavy atom. The molecule has 2 saturated carbocycles. The Bertz CT molecular complexity index is 1660. The summed E-state index contributed by atoms with van der Waals surface area (Å²) in [6.45, 7) is 5.82. The van der Waals surface area contributed by atoms with E-state index in [9.17, 15) is 13.2 Å². The highest BCUT2D eigenvalue weighted by Gasteiger charge is 2.45. The van der Waals surface area contributed by atoms with Gasteiger partial charge in [0, 0.05) is 42.1 Å². The molecule has 2 aromatic carbocycles. The molecule has 1 N–H and O–H groups in total. The minimum Gasteiger partial charge on any atom is -0.490 e. The number of sulfonamides is 1. The van der Waals surface area contributed by atoms with Gasteiger partial charge in [0.25, 0.3) is 10.0 Å². The van der Waals surface area contributed by atoms with Gasteiger partial charge in [0.05, 0.1) is 36.0 Å². The average molecular weight is 683 g/mol. The van der Waals surface area contributed by atoms with Crippen LogP contribution in [-0.2, 0) is 42.7 Å². The lowest BCUT2D eigenvalue weighted by Gasteiger charge is -2.46. The first-order valence-corrected chi connectivity index (χ1v) is 19.1. The van der Waals surface area contributed by atoms with Crippen LogP contribution in [0.15, 0.2) is 47.4 Å². The number of carbonyl (C=O) groups is 1. The summed E-state index contributed by atoms with van der Waals surface area (Å²) >= 11 is 6.46. The third-order valence-corrected chi connectivity index (χ3v) is 13.1. The van der Waals surface area contributed by atoms with Gasteiger partial charge < -0.3 is 19.1 Å². The lowest BCUT2D eigenvalue weighted by atomic mass is 9.68. The van der Waals surface area contributed by atoms with Crippen molar-refractivity contribution in [1.82, 2.24) is 4.72 Å². The number of hydrogen-bond acceptors (Lipinski definition) is 7. The molecule has 5 aliphatic rings. The molecule has 6 atom stereocenters. The summed E-state index contributed by atoms with van der Waals surface area (Å²) in [5.41, 5.74) is 3.48. The highest BCUT2D eigenvalue weighted by Crippen LogP contribution is 2.48. The lowest BCUT2D eigenvalue weighted by Crippen LogP contribution is -2.49. The fourth-order valence-electron chi connectivity index (χ4n) is 8.09. The van der Waals surface area contributed by atoms with Crippen LogP contribution in [0.2, 0.25) is 5.02 Å². The average Bonchev–Trinajstić information content (AvgIpc) is 3.88. The van der Waals surface area contributed by atoms with E-state index >= 15 is 0 Å². The number of halogens is 1. The van der Waals surface area contributed by atoms with Crippen molar-refractivity contribution in [2.75, 3.05) is 31.7 Å². The van der Waals surface area contributed by atoms with E-state index in [2.05, 4.69) is 33.9 Å². The van der Waals surface area contributed by atoms with Gasteiger partial charge in [-0.25, -0.2) is 13.1 Å². The van der Waals surface area contributed by atoms with Crippen LogP contribution in [0.4, 0.5) is 5.69 Å². The summed E-state index contributed by atoms with van der Waals surface area (Å²) in [7, 11) is -2.43. The van der Waals surface area contributed by atoms with Crippen molar-refractivity contribution < 1.29 is 27.4 Å². The van der Waals surface area contributed by atoms with E-state index in [1.54, 1.807) is 20.1 Å². The fraction of sp³-hybridized carbons (Fsp3) is 0.595. The molecule has 2 aromatic rings. The Morgan fingerprint density at radius 3 is 2.70 bits per heavy atom. The number of nitrogens with zero attached hydrogens (tertiary/aromatic N) is 1. The quantitative estimate of drug-likeness (QED) is 0.365. The highest BCUT2D eigenvalue weighted by molar-refractivity contribution is 7.90. The minimum absolute atomic E-state index is 0.0231. The van der Waals surface area contributed by atoms with Crippen molar-refractivity contribution in [3.63, 3.8) is 0 Å². The van der Waals surface area contributed by atoms with Gasteiger partial charge in [-0.1, -0.05) is 43.7 Å². The van der Waals surface area contributed by atoms with Crippen molar-refractivity contribution in [1.29, 1.82) is 0 Å². The molecule has 0 radical (unpaired) electrons. The number of fused-ring (bicyclic) bond motifs is 4. The number of anilines is 1. The van der Waals surface area contributed by atoms with E-state index in [1.807, 2.05) is 19.1 Å². The monoisotopic (exact) mass is 682 g/mol. The van der Waals surface area contributed by atoms with Crippen molar-refractivity contribution >= 4 is 33.2 Å². The van der Waals surface area contributed by atoms with Crippen LogP contribution in [0.1, 0.15) is 75.5 Å². The second-order valence-electron chi connectivity index (χ2n) is 14.6. The summed E-state index contributed by atoms with van der Waals surface area (Å²) in [5, 5.41) is 0.737. The Morgan fingerprint density at radius 2 is 1.96 bits per heavy atom. The minimum atomic E-state index is -4.21. The molecule has 2 bridgehead atoms. The number of benzene rings is 2. The van der Waals surface area contributed by atoms with Gasteiger partial charge in [0.1, 0.15) is 5.75 Å². The molecule has 2 aliphatic heterocycles. The summed E-state index contributed by atoms with van der Waals surface area (Å²) in [6, 6.07) is 9.81. The van der Waals surface area contributed by atoms with Crippen molar-refractivity contribution in [2.24, 2.45) is 23.7 Å². The van der Waals surface area contributed by atoms with Crippen LogP contribution in [0.5, 0.6) is 5.75 Å². The van der Waals surface area contributed by atoms with Gasteiger partial charge >= 0.3 is 0 Å².